The highest BCUT2D eigenvalue weighted by Gasteiger charge is 2.56. The van der Waals surface area contributed by atoms with Gasteiger partial charge in [0, 0.05) is 55.1 Å². The molecule has 6 heteroatoms. The second kappa shape index (κ2) is 26.6. The number of rotatable bonds is 8. The molecule has 4 nitrogen and oxygen atoms in total. The highest BCUT2D eigenvalue weighted by atomic mass is 28.3. The van der Waals surface area contributed by atoms with Crippen molar-refractivity contribution in [2.75, 3.05) is 4.90 Å². The molecule has 2 spiro atoms. The van der Waals surface area contributed by atoms with E-state index in [4.69, 9.17) is 0 Å². The second-order valence-corrected chi connectivity index (χ2v) is 42.6. The van der Waals surface area contributed by atoms with Gasteiger partial charge in [-0.05, 0) is 195 Å². The molecule has 2 atom stereocenters. The van der Waals surface area contributed by atoms with Crippen molar-refractivity contribution in [1.29, 1.82) is 0 Å². The van der Waals surface area contributed by atoms with Crippen LogP contribution < -0.4 is 25.6 Å². The fourth-order valence-electron chi connectivity index (χ4n) is 22.5. The molecule has 0 bridgehead atoms. The number of fused-ring (bicyclic) bond motifs is 25. The molecule has 0 N–H and O–H groups in total. The third kappa shape index (κ3) is 9.80. The first kappa shape index (κ1) is 69.9. The summed E-state index contributed by atoms with van der Waals surface area (Å²) in [6.45, 7) is 10.3. The van der Waals surface area contributed by atoms with Crippen LogP contribution in [-0.2, 0) is 10.8 Å². The van der Waals surface area contributed by atoms with Crippen LogP contribution >= 0.6 is 0 Å². The smallest absolute Gasteiger partial charge is 0.113 e. The van der Waals surface area contributed by atoms with Gasteiger partial charge in [-0.25, -0.2) is 0 Å². The summed E-state index contributed by atoms with van der Waals surface area (Å²) < 4.78 is 7.46. The number of para-hydroxylation sites is 10. The molecule has 566 valence electrons. The van der Waals surface area contributed by atoms with Gasteiger partial charge in [-0.1, -0.05) is 366 Å². The van der Waals surface area contributed by atoms with Crippen molar-refractivity contribution in [3.05, 3.63) is 469 Å². The minimum atomic E-state index is -2.26. The van der Waals surface area contributed by atoms with Gasteiger partial charge in [0.1, 0.15) is 16.1 Å². The van der Waals surface area contributed by atoms with Gasteiger partial charge in [-0.3, -0.25) is 0 Å². The van der Waals surface area contributed by atoms with Crippen molar-refractivity contribution in [3.8, 4) is 61.6 Å². The Kier molecular flexibility index (Phi) is 15.5. The topological polar surface area (TPSA) is 18.0 Å². The van der Waals surface area contributed by atoms with Crippen molar-refractivity contribution < 1.29 is 0 Å². The van der Waals surface area contributed by atoms with Crippen molar-refractivity contribution >= 4 is 119 Å². The standard InChI is InChI=1S/C57H40N2Si.C57H42N2Si/c1-60(2)54-28-12-7-21-47(54)57(46-20-6-11-27-53(46)59-52-26-10-5-17-44(52)45-19-14-22-48(57)55(45)59)49-23-13-18-41(56(49)60)39-31-29-37(30-32-39)38-33-35-40(36-34-38)58-50-24-8-3-15-42(50)43-16-4-9-25-51(43)58;1-60(2)54-30-14-11-25-49(54)57(48-24-10-13-29-53(48)59-52-28-12-9-21-46(52)47-23-16-26-50(57)55(47)59)51-27-15-22-45(56(51)60)41-33-31-39(32-34-41)40-35-37-44(38-36-40)58(42-17-5-3-6-18-42)43-19-7-4-8-20-43/h3-36H,1-2H3;3-38H,1-2H3. The Hall–Kier alpha value is -14.4. The third-order valence-corrected chi connectivity index (χ3v) is 34.6. The summed E-state index contributed by atoms with van der Waals surface area (Å²) in [7, 11) is -4.51. The molecule has 25 rings (SSSR count). The number of hydrogen-bond donors (Lipinski definition) is 0. The van der Waals surface area contributed by atoms with Gasteiger partial charge in [-0.15, -0.1) is 0 Å². The zero-order valence-electron chi connectivity index (χ0n) is 67.2. The van der Waals surface area contributed by atoms with E-state index in [-0.39, 0.29) is 0 Å². The van der Waals surface area contributed by atoms with E-state index in [1.807, 2.05) is 0 Å². The summed E-state index contributed by atoms with van der Waals surface area (Å²) >= 11 is 0. The molecule has 0 fully saturated rings. The number of aromatic nitrogens is 3. The van der Waals surface area contributed by atoms with Crippen LogP contribution in [0.2, 0.25) is 26.2 Å². The fraction of sp³-hybridized carbons (Fsp3) is 0.0526. The first-order valence-electron chi connectivity index (χ1n) is 42.1. The van der Waals surface area contributed by atoms with Gasteiger partial charge in [0.05, 0.1) is 55.3 Å². The molecule has 0 amide bonds. The van der Waals surface area contributed by atoms with Crippen molar-refractivity contribution in [2.45, 2.75) is 37.0 Å². The second-order valence-electron chi connectivity index (χ2n) is 34.1. The predicted octanol–water partition coefficient (Wildman–Crippen LogP) is 26.5. The lowest BCUT2D eigenvalue weighted by Gasteiger charge is -2.50. The number of anilines is 3. The Balaban J connectivity index is 0.000000136. The summed E-state index contributed by atoms with van der Waals surface area (Å²) in [5.74, 6) is 0. The zero-order valence-corrected chi connectivity index (χ0v) is 69.2. The van der Waals surface area contributed by atoms with Crippen molar-refractivity contribution in [1.82, 2.24) is 13.7 Å². The largest absolute Gasteiger partial charge is 0.311 e. The average molecular weight is 1560 g/mol. The maximum atomic E-state index is 2.57. The molecule has 4 aliphatic heterocycles. The van der Waals surface area contributed by atoms with Gasteiger partial charge in [0.2, 0.25) is 0 Å². The Morgan fingerprint density at radius 2 is 0.492 bits per heavy atom. The maximum absolute atomic E-state index is 2.57. The lowest BCUT2D eigenvalue weighted by Crippen LogP contribution is -2.64. The minimum Gasteiger partial charge on any atom is -0.311 e. The molecule has 3 aromatic heterocycles. The van der Waals surface area contributed by atoms with Crippen LogP contribution in [0.25, 0.3) is 127 Å². The van der Waals surface area contributed by atoms with E-state index in [1.165, 1.54) is 192 Å². The summed E-state index contributed by atoms with van der Waals surface area (Å²) in [5.41, 5.74) is 35.0. The monoisotopic (exact) mass is 1560 g/mol. The van der Waals surface area contributed by atoms with Gasteiger partial charge < -0.3 is 18.6 Å². The van der Waals surface area contributed by atoms with Crippen molar-refractivity contribution in [3.63, 3.8) is 0 Å². The molecule has 0 aliphatic carbocycles. The summed E-state index contributed by atoms with van der Waals surface area (Å²) in [5, 5.41) is 13.9. The molecule has 2 unspecified atom stereocenters. The normalized spacial score (nSPS) is 15.9. The highest BCUT2D eigenvalue weighted by molar-refractivity contribution is 7.03. The predicted molar refractivity (Wildman–Crippen MR) is 510 cm³/mol. The first-order valence-corrected chi connectivity index (χ1v) is 48.1. The Labute approximate surface area is 700 Å². The molecule has 21 aromatic rings. The van der Waals surface area contributed by atoms with E-state index in [9.17, 15) is 0 Å². The van der Waals surface area contributed by atoms with E-state index in [0.29, 0.717) is 0 Å². The van der Waals surface area contributed by atoms with Crippen LogP contribution in [0, 0.1) is 0 Å². The maximum Gasteiger partial charge on any atom is 0.113 e. The molecule has 0 saturated carbocycles. The summed E-state index contributed by atoms with van der Waals surface area (Å²) in [6, 6.07) is 159. The molecule has 120 heavy (non-hydrogen) atoms. The van der Waals surface area contributed by atoms with Crippen LogP contribution in [0.15, 0.2) is 425 Å². The van der Waals surface area contributed by atoms with Crippen LogP contribution in [0.1, 0.15) is 44.5 Å². The number of benzene rings is 18. The van der Waals surface area contributed by atoms with Crippen molar-refractivity contribution in [2.24, 2.45) is 0 Å². The minimum absolute atomic E-state index is 0.483. The van der Waals surface area contributed by atoms with E-state index >= 15 is 0 Å². The number of nitrogens with zero attached hydrogens (tertiary/aromatic N) is 4. The van der Waals surface area contributed by atoms with Gasteiger partial charge in [0.25, 0.3) is 0 Å². The Bertz CT molecular complexity index is 7670. The first-order chi connectivity index (χ1) is 59.1. The zero-order chi connectivity index (χ0) is 79.7. The molecule has 4 aliphatic rings. The quantitative estimate of drug-likeness (QED) is 0.139. The van der Waals surface area contributed by atoms with Gasteiger partial charge in [0.15, 0.2) is 0 Å². The molecule has 7 heterocycles. The van der Waals surface area contributed by atoms with E-state index in [1.54, 1.807) is 0 Å². The van der Waals surface area contributed by atoms with E-state index < -0.39 is 27.0 Å². The number of hydrogen-bond acceptors (Lipinski definition) is 1. The van der Waals surface area contributed by atoms with Gasteiger partial charge in [-0.2, -0.15) is 0 Å². The van der Waals surface area contributed by atoms with E-state index in [0.717, 1.165) is 17.1 Å². The van der Waals surface area contributed by atoms with Crippen LogP contribution in [0.5, 0.6) is 0 Å². The molecular weight excluding hydrogens is 1480 g/mol. The molecule has 0 radical (unpaired) electrons. The van der Waals surface area contributed by atoms with Crippen LogP contribution in [0.3, 0.4) is 0 Å². The van der Waals surface area contributed by atoms with Crippen LogP contribution in [0.4, 0.5) is 17.1 Å². The third-order valence-electron chi connectivity index (χ3n) is 27.4. The Morgan fingerprint density at radius 3 is 0.908 bits per heavy atom. The lowest BCUT2D eigenvalue weighted by atomic mass is 9.62. The fourth-order valence-corrected chi connectivity index (χ4v) is 29.6. The molecular formula is C114H82N4Si2. The molecule has 0 saturated heterocycles. The summed E-state index contributed by atoms with van der Waals surface area (Å²) in [6.07, 6.45) is 0. The Morgan fingerprint density at radius 1 is 0.208 bits per heavy atom. The molecule has 18 aromatic carbocycles. The van der Waals surface area contributed by atoms with E-state index in [2.05, 4.69) is 469 Å². The van der Waals surface area contributed by atoms with Gasteiger partial charge >= 0.3 is 0 Å². The van der Waals surface area contributed by atoms with Crippen LogP contribution in [-0.4, -0.2) is 29.8 Å². The average Bonchev–Trinajstić information content (AvgIpc) is 1.13. The SMILES string of the molecule is C[Si]1(C)c2ccccc2C2(c3ccccc3-n3c4ccccc4c4cccc2c43)c2cccc(-c3ccc(-c4ccc(-n5c6ccccc6c6ccccc65)cc4)cc3)c21.C[Si]1(C)c2ccccc2C2(c3ccccc3-n3c4ccccc4c4cccc2c43)c2cccc(-c3ccc(-c4ccc(N(c5ccccc5)c5ccccc5)cc4)cc3)c21. The highest BCUT2D eigenvalue weighted by Crippen LogP contribution is 2.59. The lowest BCUT2D eigenvalue weighted by molar-refractivity contribution is 0.732. The summed E-state index contributed by atoms with van der Waals surface area (Å²) in [4.78, 5) is 2.31.